The molecular weight excluding hydrogens is 458 g/mol. The molecule has 4 rings (SSSR count). The molecule has 0 spiro atoms. The highest BCUT2D eigenvalue weighted by atomic mass is 32.2. The number of nitrogens with zero attached hydrogens (tertiary/aromatic N) is 2. The van der Waals surface area contributed by atoms with E-state index in [-0.39, 0.29) is 29.5 Å². The molecule has 0 aliphatic carbocycles. The van der Waals surface area contributed by atoms with E-state index in [1.807, 2.05) is 0 Å². The number of ether oxygens (including phenoxy) is 2. The van der Waals surface area contributed by atoms with Gasteiger partial charge in [0.2, 0.25) is 10.0 Å². The molecule has 2 aromatic carbocycles. The van der Waals surface area contributed by atoms with Crippen molar-refractivity contribution >= 4 is 27.5 Å². The van der Waals surface area contributed by atoms with E-state index >= 15 is 0 Å². The molecular formula is C24H29N3O6S. The zero-order chi connectivity index (χ0) is 24.3. The van der Waals surface area contributed by atoms with Crippen molar-refractivity contribution in [1.29, 1.82) is 0 Å². The molecule has 0 unspecified atom stereocenters. The summed E-state index contributed by atoms with van der Waals surface area (Å²) in [5, 5.41) is 2.86. The van der Waals surface area contributed by atoms with Crippen molar-refractivity contribution in [3.05, 3.63) is 58.7 Å². The molecule has 2 aliphatic heterocycles. The van der Waals surface area contributed by atoms with Crippen LogP contribution in [0.5, 0.6) is 0 Å². The van der Waals surface area contributed by atoms with Crippen LogP contribution in [-0.2, 0) is 19.5 Å². The van der Waals surface area contributed by atoms with Crippen LogP contribution in [0.15, 0.2) is 41.3 Å². The Labute approximate surface area is 199 Å². The van der Waals surface area contributed by atoms with Crippen molar-refractivity contribution in [2.45, 2.75) is 18.7 Å². The Hall–Kier alpha value is -2.79. The van der Waals surface area contributed by atoms with Gasteiger partial charge < -0.3 is 19.7 Å². The van der Waals surface area contributed by atoms with E-state index in [9.17, 15) is 18.0 Å². The summed E-state index contributed by atoms with van der Waals surface area (Å²) in [6.45, 7) is 6.85. The van der Waals surface area contributed by atoms with Gasteiger partial charge in [0.1, 0.15) is 0 Å². The van der Waals surface area contributed by atoms with Crippen LogP contribution in [0.25, 0.3) is 0 Å². The molecule has 34 heavy (non-hydrogen) atoms. The molecule has 2 aliphatic rings. The van der Waals surface area contributed by atoms with Gasteiger partial charge in [-0.3, -0.25) is 9.59 Å². The molecule has 2 aromatic rings. The van der Waals surface area contributed by atoms with Gasteiger partial charge in [0, 0.05) is 43.0 Å². The van der Waals surface area contributed by atoms with E-state index in [4.69, 9.17) is 9.47 Å². The third-order valence-electron chi connectivity index (χ3n) is 6.17. The van der Waals surface area contributed by atoms with Crippen molar-refractivity contribution < 1.29 is 27.5 Å². The Kier molecular flexibility index (Phi) is 7.32. The lowest BCUT2D eigenvalue weighted by Crippen LogP contribution is -2.41. The second-order valence-electron chi connectivity index (χ2n) is 8.33. The predicted octanol–water partition coefficient (Wildman–Crippen LogP) is 2.05. The van der Waals surface area contributed by atoms with Crippen molar-refractivity contribution in [1.82, 2.24) is 9.21 Å². The van der Waals surface area contributed by atoms with E-state index in [0.29, 0.717) is 61.9 Å². The monoisotopic (exact) mass is 487 g/mol. The van der Waals surface area contributed by atoms with Crippen LogP contribution < -0.4 is 5.32 Å². The summed E-state index contributed by atoms with van der Waals surface area (Å²) in [6, 6.07) is 9.75. The van der Waals surface area contributed by atoms with Crippen LogP contribution in [0.2, 0.25) is 0 Å². The zero-order valence-electron chi connectivity index (χ0n) is 19.4. The lowest BCUT2D eigenvalue weighted by Gasteiger charge is -2.27. The maximum absolute atomic E-state index is 13.2. The summed E-state index contributed by atoms with van der Waals surface area (Å²) in [6.07, 6.45) is 0. The Morgan fingerprint density at radius 3 is 2.21 bits per heavy atom. The highest BCUT2D eigenvalue weighted by Crippen LogP contribution is 2.24. The molecule has 2 amide bonds. The number of nitrogens with one attached hydrogen (secondary N) is 1. The number of anilines is 1. The largest absolute Gasteiger partial charge is 0.379 e. The van der Waals surface area contributed by atoms with Crippen LogP contribution >= 0.6 is 0 Å². The van der Waals surface area contributed by atoms with E-state index in [0.717, 1.165) is 0 Å². The van der Waals surface area contributed by atoms with Gasteiger partial charge in [-0.2, -0.15) is 4.31 Å². The normalized spacial score (nSPS) is 17.4. The van der Waals surface area contributed by atoms with Gasteiger partial charge in [0.05, 0.1) is 31.3 Å². The van der Waals surface area contributed by atoms with Gasteiger partial charge in [0.15, 0.2) is 0 Å². The van der Waals surface area contributed by atoms with E-state index in [1.54, 1.807) is 43.0 Å². The van der Waals surface area contributed by atoms with Gasteiger partial charge >= 0.3 is 0 Å². The molecule has 182 valence electrons. The highest BCUT2D eigenvalue weighted by molar-refractivity contribution is 7.89. The van der Waals surface area contributed by atoms with Gasteiger partial charge in [0.25, 0.3) is 11.8 Å². The first-order valence-electron chi connectivity index (χ1n) is 11.3. The van der Waals surface area contributed by atoms with Crippen LogP contribution in [0.4, 0.5) is 5.69 Å². The maximum atomic E-state index is 13.2. The Bertz CT molecular complexity index is 1190. The minimum absolute atomic E-state index is 0.0677. The van der Waals surface area contributed by atoms with Crippen molar-refractivity contribution in [2.24, 2.45) is 0 Å². The summed E-state index contributed by atoms with van der Waals surface area (Å²) >= 11 is 0. The number of hydrogen-bond donors (Lipinski definition) is 1. The Morgan fingerprint density at radius 1 is 0.882 bits per heavy atom. The number of benzene rings is 2. The third kappa shape index (κ3) is 5.00. The lowest BCUT2D eigenvalue weighted by atomic mass is 10.0. The molecule has 0 aromatic heterocycles. The minimum Gasteiger partial charge on any atom is -0.379 e. The molecule has 0 radical (unpaired) electrons. The molecule has 0 atom stereocenters. The second kappa shape index (κ2) is 10.2. The van der Waals surface area contributed by atoms with Crippen LogP contribution in [0.3, 0.4) is 0 Å². The number of amides is 2. The molecule has 10 heteroatoms. The molecule has 2 fully saturated rings. The lowest BCUT2D eigenvalue weighted by molar-refractivity contribution is 0.0302. The zero-order valence-corrected chi connectivity index (χ0v) is 20.2. The number of carbonyl (C=O) groups is 2. The average Bonchev–Trinajstić information content (AvgIpc) is 2.86. The number of aryl methyl sites for hydroxylation is 1. The summed E-state index contributed by atoms with van der Waals surface area (Å²) < 4.78 is 38.0. The molecule has 2 heterocycles. The van der Waals surface area contributed by atoms with Crippen molar-refractivity contribution in [3.63, 3.8) is 0 Å². The van der Waals surface area contributed by atoms with Crippen LogP contribution in [-0.4, -0.2) is 82.0 Å². The second-order valence-corrected chi connectivity index (χ2v) is 10.3. The molecule has 0 saturated carbocycles. The van der Waals surface area contributed by atoms with Gasteiger partial charge in [-0.25, -0.2) is 8.42 Å². The average molecular weight is 488 g/mol. The fraction of sp³-hybridized carbons (Fsp3) is 0.417. The summed E-state index contributed by atoms with van der Waals surface area (Å²) in [4.78, 5) is 27.9. The van der Waals surface area contributed by atoms with Crippen molar-refractivity contribution in [3.8, 4) is 0 Å². The molecule has 1 N–H and O–H groups in total. The number of sulfonamides is 1. The Balaban J connectivity index is 1.57. The standard InChI is InChI=1S/C24H29N3O6S/c1-17-6-7-19(34(30,31)27-10-14-33-15-11-27)16-21(17)23(28)25-22-5-3-4-20(18(22)2)24(29)26-8-12-32-13-9-26/h3-7,16H,8-15H2,1-2H3,(H,25,28). The number of rotatable bonds is 5. The van der Waals surface area contributed by atoms with Gasteiger partial charge in [-0.1, -0.05) is 12.1 Å². The maximum Gasteiger partial charge on any atom is 0.255 e. The molecule has 0 bridgehead atoms. The third-order valence-corrected chi connectivity index (χ3v) is 8.07. The molecule has 2 saturated heterocycles. The van der Waals surface area contributed by atoms with Gasteiger partial charge in [-0.05, 0) is 49.2 Å². The van der Waals surface area contributed by atoms with Gasteiger partial charge in [-0.15, -0.1) is 0 Å². The highest BCUT2D eigenvalue weighted by Gasteiger charge is 2.28. The number of carbonyl (C=O) groups excluding carboxylic acids is 2. The smallest absolute Gasteiger partial charge is 0.255 e. The first kappa shape index (κ1) is 24.3. The van der Waals surface area contributed by atoms with E-state index in [1.165, 1.54) is 16.4 Å². The fourth-order valence-corrected chi connectivity index (χ4v) is 5.51. The summed E-state index contributed by atoms with van der Waals surface area (Å²) in [5.74, 6) is -0.540. The first-order chi connectivity index (χ1) is 16.3. The van der Waals surface area contributed by atoms with Crippen molar-refractivity contribution in [2.75, 3.05) is 57.9 Å². The van der Waals surface area contributed by atoms with E-state index in [2.05, 4.69) is 5.32 Å². The fourth-order valence-electron chi connectivity index (χ4n) is 4.07. The first-order valence-corrected chi connectivity index (χ1v) is 12.7. The number of hydrogen-bond acceptors (Lipinski definition) is 6. The summed E-state index contributed by atoms with van der Waals surface area (Å²) in [5.41, 5.74) is 2.59. The van der Waals surface area contributed by atoms with Crippen LogP contribution in [0, 0.1) is 13.8 Å². The van der Waals surface area contributed by atoms with Crippen LogP contribution in [0.1, 0.15) is 31.8 Å². The number of morpholine rings is 2. The SMILES string of the molecule is Cc1ccc(S(=O)(=O)N2CCOCC2)cc1C(=O)Nc1cccc(C(=O)N2CCOCC2)c1C. The predicted molar refractivity (Wildman–Crippen MR) is 127 cm³/mol. The van der Waals surface area contributed by atoms with E-state index < -0.39 is 15.9 Å². The quantitative estimate of drug-likeness (QED) is 0.692. The Morgan fingerprint density at radius 2 is 1.53 bits per heavy atom. The topological polar surface area (TPSA) is 105 Å². The minimum atomic E-state index is -3.73. The molecule has 9 nitrogen and oxygen atoms in total. The summed E-state index contributed by atoms with van der Waals surface area (Å²) in [7, 11) is -3.73.